The summed E-state index contributed by atoms with van der Waals surface area (Å²) in [5.41, 5.74) is 4.96. The molecule has 0 saturated heterocycles. The fraction of sp³-hybridized carbons (Fsp3) is 0.0435. The van der Waals surface area contributed by atoms with E-state index >= 15 is 0 Å². The fourth-order valence-electron chi connectivity index (χ4n) is 3.37. The maximum Gasteiger partial charge on any atom is 0.317 e. The van der Waals surface area contributed by atoms with Crippen LogP contribution in [-0.2, 0) is 14.4 Å². The predicted molar refractivity (Wildman–Crippen MR) is 120 cm³/mol. The van der Waals surface area contributed by atoms with Gasteiger partial charge in [-0.05, 0) is 55.5 Å². The first kappa shape index (κ1) is 20.0. The average molecular weight is 446 g/mol. The van der Waals surface area contributed by atoms with Crippen LogP contribution < -0.4 is 16.2 Å². The number of aromatic nitrogens is 1. The van der Waals surface area contributed by atoms with Crippen molar-refractivity contribution in [2.24, 2.45) is 9.98 Å². The number of hydrogen-bond donors (Lipinski definition) is 3. The molecule has 1 aliphatic rings. The van der Waals surface area contributed by atoms with Crippen LogP contribution in [0, 0.1) is 6.92 Å². The smallest absolute Gasteiger partial charge is 0.317 e. The van der Waals surface area contributed by atoms with Crippen LogP contribution in [0.2, 0.25) is 0 Å². The first-order chi connectivity index (χ1) is 15.4. The Labute approximate surface area is 183 Å². The Hall–Kier alpha value is -3.95. The number of aromatic amines is 1. The number of aromatic hydroxyl groups is 1. The van der Waals surface area contributed by atoms with Gasteiger partial charge in [-0.3, -0.25) is 0 Å². The van der Waals surface area contributed by atoms with Gasteiger partial charge in [0, 0.05) is 16.5 Å². The maximum absolute atomic E-state index is 12.7. The molecule has 0 fully saturated rings. The Balaban J connectivity index is 1.49. The highest BCUT2D eigenvalue weighted by molar-refractivity contribution is 7.86. The molecule has 1 aromatic heterocycles. The number of anilines is 1. The van der Waals surface area contributed by atoms with Crippen LogP contribution in [0.3, 0.4) is 0 Å². The Kier molecular flexibility index (Phi) is 4.76. The Morgan fingerprint density at radius 3 is 2.38 bits per heavy atom. The molecule has 0 radical (unpaired) electrons. The van der Waals surface area contributed by atoms with Gasteiger partial charge in [0.05, 0.1) is 21.3 Å². The van der Waals surface area contributed by atoms with Gasteiger partial charge in [-0.1, -0.05) is 29.8 Å². The lowest BCUT2D eigenvalue weighted by atomic mass is 10.1. The van der Waals surface area contributed by atoms with Crippen molar-refractivity contribution in [2.45, 2.75) is 11.8 Å². The van der Waals surface area contributed by atoms with Crippen molar-refractivity contribution >= 4 is 32.8 Å². The van der Waals surface area contributed by atoms with E-state index < -0.39 is 10.1 Å². The molecule has 9 heteroatoms. The number of para-hydroxylation sites is 2. The van der Waals surface area contributed by atoms with Crippen LogP contribution >= 0.6 is 0 Å². The monoisotopic (exact) mass is 446 g/mol. The number of aryl methyl sites for hydroxylation is 1. The van der Waals surface area contributed by atoms with E-state index in [0.717, 1.165) is 16.3 Å². The molecule has 0 bridgehead atoms. The van der Waals surface area contributed by atoms with Crippen molar-refractivity contribution in [2.75, 3.05) is 5.48 Å². The largest absolute Gasteiger partial charge is 0.494 e. The van der Waals surface area contributed by atoms with Gasteiger partial charge in [0.2, 0.25) is 0 Å². The summed E-state index contributed by atoms with van der Waals surface area (Å²) < 4.78 is 30.4. The van der Waals surface area contributed by atoms with Crippen LogP contribution in [0.15, 0.2) is 87.4 Å². The highest BCUT2D eigenvalue weighted by Gasteiger charge is 2.19. The molecule has 160 valence electrons. The van der Waals surface area contributed by atoms with Crippen molar-refractivity contribution in [3.63, 3.8) is 0 Å². The lowest BCUT2D eigenvalue weighted by Crippen LogP contribution is -2.19. The molecule has 32 heavy (non-hydrogen) atoms. The molecule has 3 N–H and O–H groups in total. The zero-order valence-electron chi connectivity index (χ0n) is 16.9. The predicted octanol–water partition coefficient (Wildman–Crippen LogP) is 3.17. The summed E-state index contributed by atoms with van der Waals surface area (Å²) in [7, 11) is -4.11. The maximum atomic E-state index is 12.7. The van der Waals surface area contributed by atoms with Crippen LogP contribution in [0.4, 0.5) is 5.69 Å². The molecule has 0 amide bonds. The molecule has 0 atom stereocenters. The van der Waals surface area contributed by atoms with Crippen molar-refractivity contribution in [1.82, 2.24) is 4.98 Å². The van der Waals surface area contributed by atoms with Gasteiger partial charge in [-0.25, -0.2) is 15.5 Å². The summed E-state index contributed by atoms with van der Waals surface area (Å²) in [4.78, 5) is 11.6. The number of nitrogens with zero attached hydrogens (tertiary/aromatic N) is 2. The van der Waals surface area contributed by atoms with Crippen LogP contribution in [-0.4, -0.2) is 18.5 Å². The van der Waals surface area contributed by atoms with Crippen molar-refractivity contribution in [3.05, 3.63) is 94.4 Å². The molecule has 0 saturated carbocycles. The van der Waals surface area contributed by atoms with Crippen LogP contribution in [0.1, 0.15) is 11.1 Å². The number of rotatable bonds is 5. The third-order valence-corrected chi connectivity index (χ3v) is 6.16. The second kappa shape index (κ2) is 7.63. The third-order valence-electron chi connectivity index (χ3n) is 5.02. The summed E-state index contributed by atoms with van der Waals surface area (Å²) in [6, 6.07) is 18.9. The number of nitrogens with one attached hydrogen (secondary N) is 2. The minimum atomic E-state index is -4.11. The second-order valence-electron chi connectivity index (χ2n) is 7.32. The summed E-state index contributed by atoms with van der Waals surface area (Å²) in [6.45, 7) is 1.93. The summed E-state index contributed by atoms with van der Waals surface area (Å²) >= 11 is 0. The summed E-state index contributed by atoms with van der Waals surface area (Å²) in [5.74, 6) is 0.301. The second-order valence-corrected chi connectivity index (χ2v) is 8.86. The van der Waals surface area contributed by atoms with E-state index in [4.69, 9.17) is 4.28 Å². The lowest BCUT2D eigenvalue weighted by Gasteiger charge is -2.08. The molecule has 0 aliphatic carbocycles. The van der Waals surface area contributed by atoms with E-state index in [1.807, 2.05) is 43.3 Å². The standard InChI is InChI=1S/C23H18N4O4S/c1-14-6-8-15(9-7-14)27-31-32(29,30)16-10-11-19-17(12-16)18(23(28)26-19)13-22-24-20-4-2-3-5-21(20)25-22/h2-13,26-28H,1H3. The van der Waals surface area contributed by atoms with Gasteiger partial charge in [0.15, 0.2) is 11.7 Å². The molecule has 1 aliphatic heterocycles. The van der Waals surface area contributed by atoms with E-state index in [9.17, 15) is 13.5 Å². The molecular weight excluding hydrogens is 428 g/mol. The average Bonchev–Trinajstić information content (AvgIpc) is 3.33. The molecule has 0 unspecified atom stereocenters. The van der Waals surface area contributed by atoms with Crippen molar-refractivity contribution < 1.29 is 17.8 Å². The summed E-state index contributed by atoms with van der Waals surface area (Å²) in [5, 5.41) is 12.4. The fourth-order valence-corrected chi connectivity index (χ4v) is 4.17. The highest BCUT2D eigenvalue weighted by Crippen LogP contribution is 2.32. The van der Waals surface area contributed by atoms with Gasteiger partial charge in [-0.15, -0.1) is 4.28 Å². The van der Waals surface area contributed by atoms with Crippen molar-refractivity contribution in [3.8, 4) is 5.88 Å². The number of fused-ring (bicyclic) bond motifs is 2. The number of benzene rings is 3. The van der Waals surface area contributed by atoms with Crippen molar-refractivity contribution in [1.29, 1.82) is 0 Å². The SMILES string of the molecule is Cc1ccc(NOS(=O)(=O)c2ccc3[nH]c(O)c(C=C4N=c5ccccc5=N4)c3c2)cc1. The first-order valence-corrected chi connectivity index (χ1v) is 11.1. The van der Waals surface area contributed by atoms with E-state index in [-0.39, 0.29) is 10.8 Å². The highest BCUT2D eigenvalue weighted by atomic mass is 32.2. The summed E-state index contributed by atoms with van der Waals surface area (Å²) in [6.07, 6.45) is 1.61. The third kappa shape index (κ3) is 3.75. The van der Waals surface area contributed by atoms with E-state index in [1.54, 1.807) is 24.3 Å². The molecule has 8 nitrogen and oxygen atoms in total. The minimum absolute atomic E-state index is 0.0631. The first-order valence-electron chi connectivity index (χ1n) is 9.74. The van der Waals surface area contributed by atoms with Gasteiger partial charge in [0.1, 0.15) is 0 Å². The number of H-pyrrole nitrogens is 1. The Morgan fingerprint density at radius 2 is 1.69 bits per heavy atom. The van der Waals surface area contributed by atoms with Gasteiger partial charge >= 0.3 is 10.1 Å². The van der Waals surface area contributed by atoms with Gasteiger partial charge in [-0.2, -0.15) is 8.42 Å². The topological polar surface area (TPSA) is 116 Å². The van der Waals surface area contributed by atoms with E-state index in [0.29, 0.717) is 28.0 Å². The molecule has 4 aromatic rings. The quantitative estimate of drug-likeness (QED) is 0.407. The molecule has 0 spiro atoms. The lowest BCUT2D eigenvalue weighted by molar-refractivity contribution is 0.391. The van der Waals surface area contributed by atoms with Crippen LogP contribution in [0.5, 0.6) is 5.88 Å². The van der Waals surface area contributed by atoms with Gasteiger partial charge in [0.25, 0.3) is 0 Å². The zero-order chi connectivity index (χ0) is 22.3. The molecule has 3 aromatic carbocycles. The van der Waals surface area contributed by atoms with Crippen LogP contribution in [0.25, 0.3) is 17.0 Å². The van der Waals surface area contributed by atoms with E-state index in [2.05, 4.69) is 20.4 Å². The van der Waals surface area contributed by atoms with E-state index in [1.165, 1.54) is 12.1 Å². The van der Waals surface area contributed by atoms with Gasteiger partial charge < -0.3 is 10.1 Å². The molecule has 2 heterocycles. The zero-order valence-corrected chi connectivity index (χ0v) is 17.7. The Morgan fingerprint density at radius 1 is 1.00 bits per heavy atom. The normalized spacial score (nSPS) is 12.8. The molecular formula is C23H18N4O4S. The Bertz CT molecular complexity index is 1570. The minimum Gasteiger partial charge on any atom is -0.494 e. The number of hydrogen-bond acceptors (Lipinski definition) is 7. The molecule has 5 rings (SSSR count).